The zero-order valence-electron chi connectivity index (χ0n) is 14.9. The Hall–Kier alpha value is -1.80. The van der Waals surface area contributed by atoms with Crippen LogP contribution in [-0.4, -0.2) is 67.9 Å². The molecule has 1 N–H and O–H groups in total. The van der Waals surface area contributed by atoms with Gasteiger partial charge in [0.2, 0.25) is 17.7 Å². The number of hydrogen-bond donors (Lipinski definition) is 1. The van der Waals surface area contributed by atoms with Crippen LogP contribution >= 0.6 is 0 Å². The molecule has 1 aliphatic heterocycles. The molecule has 25 heavy (non-hydrogen) atoms. The van der Waals surface area contributed by atoms with Crippen LogP contribution in [0.3, 0.4) is 0 Å². The first-order chi connectivity index (χ1) is 12.0. The predicted molar refractivity (Wildman–Crippen MR) is 89.8 cm³/mol. The summed E-state index contributed by atoms with van der Waals surface area (Å²) in [7, 11) is 0. The Kier molecular flexibility index (Phi) is 10.7. The summed E-state index contributed by atoms with van der Waals surface area (Å²) < 4.78 is 10.5. The number of likely N-dealkylation sites (tertiary alicyclic amines) is 1. The molecule has 0 aliphatic carbocycles. The van der Waals surface area contributed by atoms with Gasteiger partial charge in [-0.05, 0) is 19.8 Å². The summed E-state index contributed by atoms with van der Waals surface area (Å²) in [6.45, 7) is 4.64. The molecule has 0 aromatic carbocycles. The van der Waals surface area contributed by atoms with Crippen LogP contribution in [0, 0.1) is 0 Å². The van der Waals surface area contributed by atoms with Crippen molar-refractivity contribution < 1.29 is 28.7 Å². The smallest absolute Gasteiger partial charge is 0.230 e. The standard InChI is InChI=1S/C17H28N2O6/c1-2-24-11-12-25-10-4-9-18-15(21)6-3-5-14(20)13-19-16(22)7-8-17(19)23/h2-13H2,1H3,(H,18,21). The molecule has 0 aromatic heterocycles. The van der Waals surface area contributed by atoms with E-state index in [0.717, 1.165) is 11.3 Å². The third kappa shape index (κ3) is 9.31. The molecule has 1 saturated heterocycles. The average Bonchev–Trinajstić information content (AvgIpc) is 2.89. The van der Waals surface area contributed by atoms with Crippen LogP contribution in [0.4, 0.5) is 0 Å². The third-order valence-electron chi connectivity index (χ3n) is 3.71. The SMILES string of the molecule is CCOCCOCCCNC(=O)CCCC(=O)CN1C(=O)CCC1=O. The van der Waals surface area contributed by atoms with Crippen LogP contribution in [0.15, 0.2) is 0 Å². The lowest BCUT2D eigenvalue weighted by atomic mass is 10.1. The van der Waals surface area contributed by atoms with E-state index in [1.54, 1.807) is 0 Å². The van der Waals surface area contributed by atoms with Gasteiger partial charge in [0.25, 0.3) is 0 Å². The highest BCUT2D eigenvalue weighted by Crippen LogP contribution is 2.12. The second-order valence-corrected chi connectivity index (χ2v) is 5.78. The lowest BCUT2D eigenvalue weighted by Gasteiger charge is -2.12. The molecule has 0 unspecified atom stereocenters. The number of ketones is 1. The fourth-order valence-corrected chi connectivity index (χ4v) is 2.36. The van der Waals surface area contributed by atoms with Crippen molar-refractivity contribution in [3.63, 3.8) is 0 Å². The number of amides is 3. The molecule has 1 fully saturated rings. The largest absolute Gasteiger partial charge is 0.379 e. The number of hydrogen-bond acceptors (Lipinski definition) is 6. The van der Waals surface area contributed by atoms with Crippen LogP contribution < -0.4 is 5.32 Å². The molecule has 142 valence electrons. The molecule has 1 rings (SSSR count). The number of ether oxygens (including phenoxy) is 2. The van der Waals surface area contributed by atoms with Crippen molar-refractivity contribution in [3.8, 4) is 0 Å². The molecule has 0 saturated carbocycles. The molecule has 1 heterocycles. The molecular formula is C17H28N2O6. The molecule has 0 spiro atoms. The van der Waals surface area contributed by atoms with Crippen molar-refractivity contribution in [1.82, 2.24) is 10.2 Å². The number of rotatable bonds is 14. The number of nitrogens with zero attached hydrogens (tertiary/aromatic N) is 1. The van der Waals surface area contributed by atoms with Crippen LogP contribution in [0.2, 0.25) is 0 Å². The maximum atomic E-state index is 11.8. The second-order valence-electron chi connectivity index (χ2n) is 5.78. The van der Waals surface area contributed by atoms with Gasteiger partial charge in [0.15, 0.2) is 5.78 Å². The van der Waals surface area contributed by atoms with E-state index in [4.69, 9.17) is 9.47 Å². The van der Waals surface area contributed by atoms with E-state index in [9.17, 15) is 19.2 Å². The van der Waals surface area contributed by atoms with Crippen molar-refractivity contribution in [1.29, 1.82) is 0 Å². The number of imide groups is 1. The molecule has 0 bridgehead atoms. The molecule has 8 nitrogen and oxygen atoms in total. The molecule has 0 aromatic rings. The van der Waals surface area contributed by atoms with E-state index in [-0.39, 0.29) is 55.7 Å². The molecule has 3 amide bonds. The van der Waals surface area contributed by atoms with E-state index >= 15 is 0 Å². The second kappa shape index (κ2) is 12.5. The van der Waals surface area contributed by atoms with Crippen LogP contribution in [0.1, 0.15) is 45.4 Å². The topological polar surface area (TPSA) is 102 Å². The third-order valence-corrected chi connectivity index (χ3v) is 3.71. The summed E-state index contributed by atoms with van der Waals surface area (Å²) in [6.07, 6.45) is 1.93. The van der Waals surface area contributed by atoms with Crippen molar-refractivity contribution >= 4 is 23.5 Å². The van der Waals surface area contributed by atoms with Crippen LogP contribution in [-0.2, 0) is 28.7 Å². The van der Waals surface area contributed by atoms with E-state index in [1.807, 2.05) is 6.92 Å². The summed E-state index contributed by atoms with van der Waals surface area (Å²) in [5, 5.41) is 2.77. The summed E-state index contributed by atoms with van der Waals surface area (Å²) in [6, 6.07) is 0. The van der Waals surface area contributed by atoms with Crippen LogP contribution in [0.5, 0.6) is 0 Å². The first-order valence-electron chi connectivity index (χ1n) is 8.81. The quantitative estimate of drug-likeness (QED) is 0.358. The van der Waals surface area contributed by atoms with Crippen molar-refractivity contribution in [3.05, 3.63) is 0 Å². The Morgan fingerprint density at radius 2 is 1.68 bits per heavy atom. The lowest BCUT2D eigenvalue weighted by Crippen LogP contribution is -2.34. The fraction of sp³-hybridized carbons (Fsp3) is 0.765. The summed E-state index contributed by atoms with van der Waals surface area (Å²) in [4.78, 5) is 47.3. The number of Topliss-reactive ketones (excluding diaryl/α,β-unsaturated/α-hetero) is 1. The zero-order chi connectivity index (χ0) is 18.5. The van der Waals surface area contributed by atoms with Gasteiger partial charge in [-0.3, -0.25) is 24.1 Å². The van der Waals surface area contributed by atoms with Gasteiger partial charge < -0.3 is 14.8 Å². The summed E-state index contributed by atoms with van der Waals surface area (Å²) in [5.74, 6) is -0.895. The van der Waals surface area contributed by atoms with E-state index in [2.05, 4.69) is 5.32 Å². The average molecular weight is 356 g/mol. The van der Waals surface area contributed by atoms with Crippen molar-refractivity contribution in [2.75, 3.05) is 39.5 Å². The molecule has 1 aliphatic rings. The molecule has 8 heteroatoms. The normalized spacial score (nSPS) is 14.2. The van der Waals surface area contributed by atoms with Gasteiger partial charge in [-0.1, -0.05) is 0 Å². The number of carbonyl (C=O) groups is 4. The minimum absolute atomic E-state index is 0.115. The van der Waals surface area contributed by atoms with E-state index < -0.39 is 0 Å². The predicted octanol–water partition coefficient (Wildman–Crippen LogP) is 0.434. The Bertz CT molecular complexity index is 450. The maximum Gasteiger partial charge on any atom is 0.230 e. The van der Waals surface area contributed by atoms with Gasteiger partial charge in [-0.2, -0.15) is 0 Å². The number of carbonyl (C=O) groups excluding carboxylic acids is 4. The van der Waals surface area contributed by atoms with Crippen LogP contribution in [0.25, 0.3) is 0 Å². The van der Waals surface area contributed by atoms with Gasteiger partial charge in [0, 0.05) is 45.4 Å². The van der Waals surface area contributed by atoms with Gasteiger partial charge in [0.1, 0.15) is 0 Å². The minimum Gasteiger partial charge on any atom is -0.379 e. The van der Waals surface area contributed by atoms with Gasteiger partial charge in [-0.15, -0.1) is 0 Å². The fourth-order valence-electron chi connectivity index (χ4n) is 2.36. The lowest BCUT2D eigenvalue weighted by molar-refractivity contribution is -0.142. The summed E-state index contributed by atoms with van der Waals surface area (Å²) in [5.41, 5.74) is 0. The van der Waals surface area contributed by atoms with Gasteiger partial charge in [-0.25, -0.2) is 0 Å². The first-order valence-corrected chi connectivity index (χ1v) is 8.81. The zero-order valence-corrected chi connectivity index (χ0v) is 14.9. The highest BCUT2D eigenvalue weighted by Gasteiger charge is 2.30. The first kappa shape index (κ1) is 21.2. The van der Waals surface area contributed by atoms with Gasteiger partial charge >= 0.3 is 0 Å². The molecular weight excluding hydrogens is 328 g/mol. The van der Waals surface area contributed by atoms with Gasteiger partial charge in [0.05, 0.1) is 19.8 Å². The Morgan fingerprint density at radius 3 is 2.36 bits per heavy atom. The highest BCUT2D eigenvalue weighted by atomic mass is 16.5. The monoisotopic (exact) mass is 356 g/mol. The Morgan fingerprint density at radius 1 is 1.00 bits per heavy atom. The number of nitrogens with one attached hydrogen (secondary N) is 1. The van der Waals surface area contributed by atoms with E-state index in [0.29, 0.717) is 39.4 Å². The molecule has 0 radical (unpaired) electrons. The Balaban J connectivity index is 1.98. The van der Waals surface area contributed by atoms with Crippen molar-refractivity contribution in [2.24, 2.45) is 0 Å². The summed E-state index contributed by atoms with van der Waals surface area (Å²) >= 11 is 0. The maximum absolute atomic E-state index is 11.8. The molecule has 0 atom stereocenters. The van der Waals surface area contributed by atoms with E-state index in [1.165, 1.54) is 0 Å². The minimum atomic E-state index is -0.292. The van der Waals surface area contributed by atoms with Crippen molar-refractivity contribution in [2.45, 2.75) is 45.4 Å². The Labute approximate surface area is 148 Å². The highest BCUT2D eigenvalue weighted by molar-refractivity contribution is 6.04.